The normalized spacial score (nSPS) is 11.6. The van der Waals surface area contributed by atoms with Crippen LogP contribution in [0.4, 0.5) is 20.6 Å². The number of carbonyl (C=O) groups excluding carboxylic acids is 1. The zero-order valence-corrected chi connectivity index (χ0v) is 12.8. The summed E-state index contributed by atoms with van der Waals surface area (Å²) in [4.78, 5) is 23.5. The molecule has 1 unspecified atom stereocenters. The highest BCUT2D eigenvalue weighted by atomic mass is 19.1. The van der Waals surface area contributed by atoms with Crippen LogP contribution in [0.1, 0.15) is 11.7 Å². The van der Waals surface area contributed by atoms with Crippen LogP contribution in [-0.2, 0) is 0 Å². The molecule has 0 aliphatic heterocycles. The largest absolute Gasteiger partial charge is 0.387 e. The number of anilines is 1. The lowest BCUT2D eigenvalue weighted by Crippen LogP contribution is -2.34. The molecule has 2 rings (SSSR count). The van der Waals surface area contributed by atoms with Gasteiger partial charge in [-0.05, 0) is 23.8 Å². The van der Waals surface area contributed by atoms with Crippen LogP contribution >= 0.6 is 0 Å². The van der Waals surface area contributed by atoms with Crippen molar-refractivity contribution in [1.82, 2.24) is 4.90 Å². The first-order chi connectivity index (χ1) is 11.4. The fraction of sp³-hybridized carbons (Fsp3) is 0.188. The number of carbonyl (C=O) groups is 1. The number of hydrogen-bond acceptors (Lipinski definition) is 4. The van der Waals surface area contributed by atoms with Crippen LogP contribution in [0.3, 0.4) is 0 Å². The van der Waals surface area contributed by atoms with Gasteiger partial charge in [0.15, 0.2) is 0 Å². The van der Waals surface area contributed by atoms with E-state index in [0.717, 1.165) is 0 Å². The maximum atomic E-state index is 12.9. The van der Waals surface area contributed by atoms with Crippen LogP contribution < -0.4 is 5.32 Å². The number of rotatable bonds is 5. The molecule has 0 fully saturated rings. The molecule has 0 bridgehead atoms. The minimum atomic E-state index is -0.980. The van der Waals surface area contributed by atoms with Crippen molar-refractivity contribution in [3.8, 4) is 0 Å². The van der Waals surface area contributed by atoms with E-state index in [2.05, 4.69) is 5.32 Å². The summed E-state index contributed by atoms with van der Waals surface area (Å²) in [6.45, 7) is -0.0214. The van der Waals surface area contributed by atoms with Crippen molar-refractivity contribution in [2.45, 2.75) is 6.10 Å². The van der Waals surface area contributed by atoms with Crippen LogP contribution in [0.15, 0.2) is 48.5 Å². The topological polar surface area (TPSA) is 95.7 Å². The van der Waals surface area contributed by atoms with Crippen molar-refractivity contribution in [3.63, 3.8) is 0 Å². The van der Waals surface area contributed by atoms with Gasteiger partial charge in [-0.3, -0.25) is 10.1 Å². The number of non-ortho nitro benzene ring substituents is 1. The van der Waals surface area contributed by atoms with Crippen molar-refractivity contribution in [2.24, 2.45) is 0 Å². The van der Waals surface area contributed by atoms with Gasteiger partial charge in [0.05, 0.1) is 17.6 Å². The number of nitrogens with zero attached hydrogens (tertiary/aromatic N) is 2. The molecular formula is C16H16FN3O4. The van der Waals surface area contributed by atoms with Gasteiger partial charge >= 0.3 is 6.03 Å². The summed E-state index contributed by atoms with van der Waals surface area (Å²) in [6.07, 6.45) is -0.980. The number of aliphatic hydroxyl groups excluding tert-OH is 1. The number of halogens is 1. The van der Waals surface area contributed by atoms with Gasteiger partial charge in [0.1, 0.15) is 5.82 Å². The van der Waals surface area contributed by atoms with Gasteiger partial charge in [-0.25, -0.2) is 9.18 Å². The molecule has 0 heterocycles. The molecule has 24 heavy (non-hydrogen) atoms. The van der Waals surface area contributed by atoms with Gasteiger partial charge in [0.25, 0.3) is 5.69 Å². The van der Waals surface area contributed by atoms with E-state index < -0.39 is 22.9 Å². The summed E-state index contributed by atoms with van der Waals surface area (Å²) in [6, 6.07) is 10.3. The highest BCUT2D eigenvalue weighted by molar-refractivity contribution is 5.89. The van der Waals surface area contributed by atoms with Crippen molar-refractivity contribution >= 4 is 17.4 Å². The molecule has 0 aromatic heterocycles. The Morgan fingerprint density at radius 3 is 2.62 bits per heavy atom. The van der Waals surface area contributed by atoms with Gasteiger partial charge in [-0.1, -0.05) is 18.2 Å². The summed E-state index contributed by atoms with van der Waals surface area (Å²) in [7, 11) is 1.47. The Morgan fingerprint density at radius 2 is 2.00 bits per heavy atom. The molecule has 2 amide bonds. The van der Waals surface area contributed by atoms with E-state index in [1.165, 1.54) is 60.5 Å². The average Bonchev–Trinajstić information content (AvgIpc) is 2.55. The summed E-state index contributed by atoms with van der Waals surface area (Å²) in [5.74, 6) is -0.414. The molecule has 2 aromatic rings. The van der Waals surface area contributed by atoms with E-state index in [0.29, 0.717) is 5.56 Å². The first kappa shape index (κ1) is 17.4. The highest BCUT2D eigenvalue weighted by Gasteiger charge is 2.16. The Balaban J connectivity index is 1.98. The number of amides is 2. The Labute approximate surface area is 137 Å². The third kappa shape index (κ3) is 4.50. The first-order valence-corrected chi connectivity index (χ1v) is 7.07. The molecule has 2 N–H and O–H groups in total. The van der Waals surface area contributed by atoms with Crippen molar-refractivity contribution in [1.29, 1.82) is 0 Å². The SMILES string of the molecule is CN(CC(O)c1ccc(F)cc1)C(=O)Nc1cccc([N+](=O)[O-])c1. The standard InChI is InChI=1S/C16H16FN3O4/c1-19(10-15(21)11-5-7-12(17)8-6-11)16(22)18-13-3-2-4-14(9-13)20(23)24/h2-9,15,21H,10H2,1H3,(H,18,22). The molecule has 0 aliphatic rings. The number of likely N-dealkylation sites (N-methyl/N-ethyl adjacent to an activating group) is 1. The number of hydrogen-bond donors (Lipinski definition) is 2. The minimum Gasteiger partial charge on any atom is -0.387 e. The quantitative estimate of drug-likeness (QED) is 0.649. The smallest absolute Gasteiger partial charge is 0.321 e. The monoisotopic (exact) mass is 333 g/mol. The Hall–Kier alpha value is -3.00. The van der Waals surface area contributed by atoms with Crippen molar-refractivity contribution in [3.05, 3.63) is 70.0 Å². The lowest BCUT2D eigenvalue weighted by Gasteiger charge is -2.21. The van der Waals surface area contributed by atoms with Gasteiger partial charge in [0, 0.05) is 24.9 Å². The van der Waals surface area contributed by atoms with Gasteiger partial charge in [-0.15, -0.1) is 0 Å². The van der Waals surface area contributed by atoms with E-state index in [9.17, 15) is 24.4 Å². The van der Waals surface area contributed by atoms with E-state index in [1.54, 1.807) is 0 Å². The fourth-order valence-electron chi connectivity index (χ4n) is 2.05. The molecule has 126 valence electrons. The summed E-state index contributed by atoms with van der Waals surface area (Å²) >= 11 is 0. The van der Waals surface area contributed by atoms with Gasteiger partial charge in [-0.2, -0.15) is 0 Å². The predicted molar refractivity (Wildman–Crippen MR) is 86.1 cm³/mol. The molecule has 0 radical (unpaired) electrons. The molecule has 0 saturated carbocycles. The Morgan fingerprint density at radius 1 is 1.33 bits per heavy atom. The Bertz CT molecular complexity index is 736. The van der Waals surface area contributed by atoms with Crippen LogP contribution in [0.2, 0.25) is 0 Å². The fourth-order valence-corrected chi connectivity index (χ4v) is 2.05. The predicted octanol–water partition coefficient (Wildman–Crippen LogP) is 2.93. The zero-order valence-electron chi connectivity index (χ0n) is 12.8. The number of nitro benzene ring substituents is 1. The highest BCUT2D eigenvalue weighted by Crippen LogP contribution is 2.18. The molecule has 8 heteroatoms. The lowest BCUT2D eigenvalue weighted by atomic mass is 10.1. The maximum absolute atomic E-state index is 12.9. The number of aliphatic hydroxyl groups is 1. The Kier molecular flexibility index (Phi) is 5.43. The molecule has 7 nitrogen and oxygen atoms in total. The van der Waals surface area contributed by atoms with E-state index >= 15 is 0 Å². The van der Waals surface area contributed by atoms with Crippen molar-refractivity contribution in [2.75, 3.05) is 18.9 Å². The summed E-state index contributed by atoms with van der Waals surface area (Å²) in [5.41, 5.74) is 0.616. The summed E-state index contributed by atoms with van der Waals surface area (Å²) in [5, 5.41) is 23.3. The van der Waals surface area contributed by atoms with E-state index in [4.69, 9.17) is 0 Å². The van der Waals surface area contributed by atoms with Crippen LogP contribution in [0.25, 0.3) is 0 Å². The average molecular weight is 333 g/mol. The maximum Gasteiger partial charge on any atom is 0.321 e. The third-order valence-corrected chi connectivity index (χ3v) is 3.36. The van der Waals surface area contributed by atoms with Crippen molar-refractivity contribution < 1.29 is 19.2 Å². The zero-order chi connectivity index (χ0) is 17.7. The molecular weight excluding hydrogens is 317 g/mol. The molecule has 0 spiro atoms. The molecule has 1 atom stereocenters. The van der Waals surface area contributed by atoms with Crippen LogP contribution in [0, 0.1) is 15.9 Å². The van der Waals surface area contributed by atoms with Crippen LogP contribution in [-0.4, -0.2) is 34.6 Å². The first-order valence-electron chi connectivity index (χ1n) is 7.07. The second-order valence-electron chi connectivity index (χ2n) is 5.19. The summed E-state index contributed by atoms with van der Waals surface area (Å²) < 4.78 is 12.9. The minimum absolute atomic E-state index is 0.0214. The van der Waals surface area contributed by atoms with E-state index in [-0.39, 0.29) is 17.9 Å². The lowest BCUT2D eigenvalue weighted by molar-refractivity contribution is -0.384. The second-order valence-corrected chi connectivity index (χ2v) is 5.19. The van der Waals surface area contributed by atoms with Gasteiger partial charge in [0.2, 0.25) is 0 Å². The number of benzene rings is 2. The van der Waals surface area contributed by atoms with Crippen LogP contribution in [0.5, 0.6) is 0 Å². The molecule has 0 saturated heterocycles. The second kappa shape index (κ2) is 7.51. The van der Waals surface area contributed by atoms with E-state index in [1.807, 2.05) is 0 Å². The van der Waals surface area contributed by atoms with Gasteiger partial charge < -0.3 is 15.3 Å². The molecule has 0 aliphatic carbocycles. The third-order valence-electron chi connectivity index (χ3n) is 3.36. The molecule has 2 aromatic carbocycles. The number of nitrogens with one attached hydrogen (secondary N) is 1. The number of urea groups is 1. The number of nitro groups is 1.